The average Bonchev–Trinajstić information content (AvgIpc) is 3.02. The predicted octanol–water partition coefficient (Wildman–Crippen LogP) is 6.20. The van der Waals surface area contributed by atoms with Gasteiger partial charge in [0.15, 0.2) is 0 Å². The topological polar surface area (TPSA) is 42.2 Å². The maximum atomic E-state index is 12.6. The van der Waals surface area contributed by atoms with Crippen molar-refractivity contribution in [3.63, 3.8) is 0 Å². The highest BCUT2D eigenvalue weighted by molar-refractivity contribution is 5.97. The van der Waals surface area contributed by atoms with E-state index in [0.29, 0.717) is 12.3 Å². The first-order chi connectivity index (χ1) is 13.0. The SMILES string of the molecule is Cc1cc2occ(CC(=O)Nc3ccc4ccccc4c3)c2cc1C(C)C. The third-order valence-corrected chi connectivity index (χ3v) is 5.05. The van der Waals surface area contributed by atoms with Crippen molar-refractivity contribution in [2.24, 2.45) is 0 Å². The first-order valence-corrected chi connectivity index (χ1v) is 9.30. The molecule has 27 heavy (non-hydrogen) atoms. The van der Waals surface area contributed by atoms with Crippen molar-refractivity contribution in [3.05, 3.63) is 77.6 Å². The van der Waals surface area contributed by atoms with Crippen LogP contribution in [0.3, 0.4) is 0 Å². The van der Waals surface area contributed by atoms with Gasteiger partial charge in [0.05, 0.1) is 12.7 Å². The van der Waals surface area contributed by atoms with E-state index in [4.69, 9.17) is 4.42 Å². The first-order valence-electron chi connectivity index (χ1n) is 9.30. The monoisotopic (exact) mass is 357 g/mol. The van der Waals surface area contributed by atoms with Gasteiger partial charge in [-0.25, -0.2) is 0 Å². The molecule has 1 heterocycles. The fraction of sp³-hybridized carbons (Fsp3) is 0.208. The van der Waals surface area contributed by atoms with Gasteiger partial charge in [0.25, 0.3) is 0 Å². The lowest BCUT2D eigenvalue weighted by Crippen LogP contribution is -2.14. The highest BCUT2D eigenvalue weighted by Crippen LogP contribution is 2.29. The van der Waals surface area contributed by atoms with E-state index in [0.717, 1.165) is 33.0 Å². The summed E-state index contributed by atoms with van der Waals surface area (Å²) < 4.78 is 5.69. The molecule has 1 aromatic heterocycles. The first kappa shape index (κ1) is 17.3. The van der Waals surface area contributed by atoms with Crippen molar-refractivity contribution in [2.75, 3.05) is 5.32 Å². The Morgan fingerprint density at radius 3 is 2.59 bits per heavy atom. The zero-order chi connectivity index (χ0) is 19.0. The minimum Gasteiger partial charge on any atom is -0.464 e. The number of anilines is 1. The van der Waals surface area contributed by atoms with Crippen LogP contribution in [0.1, 0.15) is 36.5 Å². The Bertz CT molecular complexity index is 1140. The van der Waals surface area contributed by atoms with E-state index in [9.17, 15) is 4.79 Å². The molecule has 0 unspecified atom stereocenters. The van der Waals surface area contributed by atoms with E-state index in [1.54, 1.807) is 6.26 Å². The van der Waals surface area contributed by atoms with E-state index >= 15 is 0 Å². The van der Waals surface area contributed by atoms with Crippen molar-refractivity contribution in [1.82, 2.24) is 0 Å². The summed E-state index contributed by atoms with van der Waals surface area (Å²) >= 11 is 0. The summed E-state index contributed by atoms with van der Waals surface area (Å²) in [6.45, 7) is 6.46. The summed E-state index contributed by atoms with van der Waals surface area (Å²) in [4.78, 5) is 12.6. The number of rotatable bonds is 4. The van der Waals surface area contributed by atoms with E-state index in [1.165, 1.54) is 11.1 Å². The smallest absolute Gasteiger partial charge is 0.228 e. The summed E-state index contributed by atoms with van der Waals surface area (Å²) in [5, 5.41) is 6.30. The molecular formula is C24H23NO2. The molecule has 0 saturated heterocycles. The molecule has 0 spiro atoms. The zero-order valence-corrected chi connectivity index (χ0v) is 15.9. The Balaban J connectivity index is 1.57. The van der Waals surface area contributed by atoms with Crippen molar-refractivity contribution in [2.45, 2.75) is 33.1 Å². The Hall–Kier alpha value is -3.07. The normalized spacial score (nSPS) is 11.4. The van der Waals surface area contributed by atoms with E-state index in [2.05, 4.69) is 44.3 Å². The molecule has 1 N–H and O–H groups in total. The number of carbonyl (C=O) groups excluding carboxylic acids is 1. The Labute approximate surface area is 159 Å². The van der Waals surface area contributed by atoms with Crippen molar-refractivity contribution in [3.8, 4) is 0 Å². The van der Waals surface area contributed by atoms with Crippen molar-refractivity contribution < 1.29 is 9.21 Å². The summed E-state index contributed by atoms with van der Waals surface area (Å²) in [5.74, 6) is 0.392. The number of hydrogen-bond donors (Lipinski definition) is 1. The molecule has 0 radical (unpaired) electrons. The second-order valence-electron chi connectivity index (χ2n) is 7.41. The van der Waals surface area contributed by atoms with E-state index in [1.807, 2.05) is 36.4 Å². The van der Waals surface area contributed by atoms with Gasteiger partial charge in [0, 0.05) is 16.6 Å². The molecule has 4 rings (SSSR count). The number of fused-ring (bicyclic) bond motifs is 2. The van der Waals surface area contributed by atoms with Gasteiger partial charge < -0.3 is 9.73 Å². The van der Waals surface area contributed by atoms with Gasteiger partial charge >= 0.3 is 0 Å². The zero-order valence-electron chi connectivity index (χ0n) is 15.9. The second kappa shape index (κ2) is 6.92. The third kappa shape index (κ3) is 3.45. The molecule has 0 saturated carbocycles. The molecule has 3 nitrogen and oxygen atoms in total. The molecule has 0 aliphatic rings. The lowest BCUT2D eigenvalue weighted by molar-refractivity contribution is -0.115. The standard InChI is InChI=1S/C24H23NO2/c1-15(2)21-13-22-19(14-27-23(22)10-16(21)3)12-24(26)25-20-9-8-17-6-4-5-7-18(17)11-20/h4-11,13-15H,12H2,1-3H3,(H,25,26). The molecule has 3 heteroatoms. The molecule has 0 aliphatic heterocycles. The van der Waals surface area contributed by atoms with E-state index in [-0.39, 0.29) is 5.91 Å². The number of benzene rings is 3. The average molecular weight is 357 g/mol. The van der Waals surface area contributed by atoms with Crippen molar-refractivity contribution >= 4 is 33.3 Å². The number of carbonyl (C=O) groups is 1. The minimum absolute atomic E-state index is 0.0420. The van der Waals surface area contributed by atoms with Crippen LogP contribution in [0.5, 0.6) is 0 Å². The summed E-state index contributed by atoms with van der Waals surface area (Å²) in [7, 11) is 0. The van der Waals surface area contributed by atoms with Crippen LogP contribution in [0.2, 0.25) is 0 Å². The predicted molar refractivity (Wildman–Crippen MR) is 111 cm³/mol. The molecule has 4 aromatic rings. The minimum atomic E-state index is -0.0420. The fourth-order valence-corrected chi connectivity index (χ4v) is 3.65. The van der Waals surface area contributed by atoms with E-state index < -0.39 is 0 Å². The Kier molecular flexibility index (Phi) is 4.44. The van der Waals surface area contributed by atoms with Crippen LogP contribution in [-0.4, -0.2) is 5.91 Å². The van der Waals surface area contributed by atoms with Gasteiger partial charge in [-0.1, -0.05) is 44.2 Å². The van der Waals surface area contributed by atoms with Gasteiger partial charge in [-0.3, -0.25) is 4.79 Å². The number of furan rings is 1. The van der Waals surface area contributed by atoms with Crippen LogP contribution in [0, 0.1) is 6.92 Å². The van der Waals surface area contributed by atoms with Gasteiger partial charge in [0.2, 0.25) is 5.91 Å². The lowest BCUT2D eigenvalue weighted by Gasteiger charge is -2.10. The summed E-state index contributed by atoms with van der Waals surface area (Å²) in [6.07, 6.45) is 1.99. The molecule has 136 valence electrons. The molecule has 3 aromatic carbocycles. The molecule has 0 bridgehead atoms. The van der Waals surface area contributed by atoms with Crippen LogP contribution < -0.4 is 5.32 Å². The van der Waals surface area contributed by atoms with Gasteiger partial charge in [0.1, 0.15) is 5.58 Å². The van der Waals surface area contributed by atoms with Gasteiger partial charge in [-0.05, 0) is 59.0 Å². The number of hydrogen-bond acceptors (Lipinski definition) is 2. The molecular weight excluding hydrogens is 334 g/mol. The highest BCUT2D eigenvalue weighted by Gasteiger charge is 2.14. The fourth-order valence-electron chi connectivity index (χ4n) is 3.65. The van der Waals surface area contributed by atoms with Crippen LogP contribution in [0.15, 0.2) is 65.3 Å². The molecule has 0 aliphatic carbocycles. The molecule has 0 atom stereocenters. The van der Waals surface area contributed by atoms with Crippen LogP contribution in [0.4, 0.5) is 5.69 Å². The van der Waals surface area contributed by atoms with Crippen molar-refractivity contribution in [1.29, 1.82) is 0 Å². The Morgan fingerprint density at radius 2 is 1.81 bits per heavy atom. The number of amides is 1. The summed E-state index contributed by atoms with van der Waals surface area (Å²) in [6, 6.07) is 18.3. The quantitative estimate of drug-likeness (QED) is 0.472. The van der Waals surface area contributed by atoms with Crippen LogP contribution in [-0.2, 0) is 11.2 Å². The number of aryl methyl sites for hydroxylation is 1. The highest BCUT2D eigenvalue weighted by atomic mass is 16.3. The van der Waals surface area contributed by atoms with Gasteiger partial charge in [-0.15, -0.1) is 0 Å². The van der Waals surface area contributed by atoms with Crippen LogP contribution >= 0.6 is 0 Å². The van der Waals surface area contributed by atoms with Gasteiger partial charge in [-0.2, -0.15) is 0 Å². The van der Waals surface area contributed by atoms with Crippen LogP contribution in [0.25, 0.3) is 21.7 Å². The molecule has 1 amide bonds. The third-order valence-electron chi connectivity index (χ3n) is 5.05. The molecule has 0 fully saturated rings. The largest absolute Gasteiger partial charge is 0.464 e. The lowest BCUT2D eigenvalue weighted by atomic mass is 9.95. The number of nitrogens with one attached hydrogen (secondary N) is 1. The maximum Gasteiger partial charge on any atom is 0.228 e. The summed E-state index contributed by atoms with van der Waals surface area (Å²) in [5.41, 5.74) is 5.08. The maximum absolute atomic E-state index is 12.6. The second-order valence-corrected chi connectivity index (χ2v) is 7.41. The Morgan fingerprint density at radius 1 is 1.04 bits per heavy atom.